The monoisotopic (exact) mass is 871 g/mol. The average molecular weight is 872 g/mol. The van der Waals surface area contributed by atoms with Crippen molar-refractivity contribution in [1.82, 2.24) is 0 Å². The molecular weight excluding hydrogens is 815 g/mol. The quantitative estimate of drug-likeness (QED) is 0.112. The van der Waals surface area contributed by atoms with Crippen molar-refractivity contribution in [2.75, 3.05) is 4.90 Å². The fraction of sp³-hybridized carbons (Fsp3) is 0.111. The Balaban J connectivity index is 0.00000148. The number of benzene rings is 9. The molecule has 4 heteroatoms. The zero-order chi connectivity index (χ0) is 46.9. The number of para-hydroxylation sites is 1. The van der Waals surface area contributed by atoms with Crippen molar-refractivity contribution >= 4 is 28.9 Å². The summed E-state index contributed by atoms with van der Waals surface area (Å²) in [7, 11) is 0. The summed E-state index contributed by atoms with van der Waals surface area (Å²) in [4.78, 5) is 2.32. The largest absolute Gasteiger partial charge is 0.421 e. The molecule has 9 aromatic rings. The Hall–Kier alpha value is -8.08. The van der Waals surface area contributed by atoms with E-state index in [2.05, 4.69) is 189 Å². The van der Waals surface area contributed by atoms with Gasteiger partial charge < -0.3 is 9.64 Å². The van der Waals surface area contributed by atoms with E-state index in [1.165, 1.54) is 33.4 Å². The molecule has 0 aromatic heterocycles. The minimum Gasteiger partial charge on any atom is -0.421 e. The molecule has 0 bridgehead atoms. The maximum atomic E-state index is 8.55. The van der Waals surface area contributed by atoms with Gasteiger partial charge in [-0.2, -0.15) is 0 Å². The predicted octanol–water partition coefficient (Wildman–Crippen LogP) is 17.6. The van der Waals surface area contributed by atoms with E-state index in [-0.39, 0.29) is 17.2 Å². The van der Waals surface area contributed by atoms with Crippen LogP contribution in [-0.2, 0) is 10.2 Å². The van der Waals surface area contributed by atoms with Gasteiger partial charge >= 0.3 is 0 Å². The van der Waals surface area contributed by atoms with Crippen molar-refractivity contribution in [2.45, 2.75) is 47.0 Å². The normalized spacial score (nSPS) is 11.7. The molecule has 0 atom stereocenters. The van der Waals surface area contributed by atoms with Gasteiger partial charge in [0, 0.05) is 33.6 Å². The Bertz CT molecular complexity index is 3120. The zero-order valence-corrected chi connectivity index (χ0v) is 39.2. The summed E-state index contributed by atoms with van der Waals surface area (Å²) in [6.07, 6.45) is 0. The van der Waals surface area contributed by atoms with E-state index < -0.39 is 0 Å². The van der Waals surface area contributed by atoms with Crippen LogP contribution in [0.4, 0.5) is 17.1 Å². The van der Waals surface area contributed by atoms with Gasteiger partial charge in [0.1, 0.15) is 0 Å². The molecule has 4 nitrogen and oxygen atoms in total. The Morgan fingerprint density at radius 1 is 0.343 bits per heavy atom. The van der Waals surface area contributed by atoms with E-state index in [1.54, 1.807) is 12.1 Å². The molecule has 0 spiro atoms. The van der Waals surface area contributed by atoms with Crippen LogP contribution in [0, 0.1) is 10.8 Å². The van der Waals surface area contributed by atoms with Gasteiger partial charge in [0.05, 0.1) is 0 Å². The molecule has 67 heavy (non-hydrogen) atoms. The van der Waals surface area contributed by atoms with Gasteiger partial charge in [-0.25, -0.2) is 0 Å². The molecule has 0 saturated heterocycles. The van der Waals surface area contributed by atoms with Crippen LogP contribution in [0.3, 0.4) is 0 Å². The first kappa shape index (κ1) is 45.5. The number of hydrogen-bond acceptors (Lipinski definition) is 4. The van der Waals surface area contributed by atoms with Crippen LogP contribution in [0.25, 0.3) is 55.6 Å². The molecule has 9 aromatic carbocycles. The Morgan fingerprint density at radius 3 is 1.25 bits per heavy atom. The van der Waals surface area contributed by atoms with Crippen molar-refractivity contribution < 1.29 is 4.74 Å². The highest BCUT2D eigenvalue weighted by Crippen LogP contribution is 2.50. The topological polar surface area (TPSA) is 60.2 Å². The second-order valence-corrected chi connectivity index (χ2v) is 16.5. The van der Waals surface area contributed by atoms with Crippen molar-refractivity contribution in [2.24, 2.45) is 0 Å². The second kappa shape index (κ2) is 20.4. The fourth-order valence-electron chi connectivity index (χ4n) is 9.05. The molecule has 0 unspecified atom stereocenters. The van der Waals surface area contributed by atoms with Crippen molar-refractivity contribution in [3.05, 3.63) is 247 Å². The smallest absolute Gasteiger partial charge is 0.221 e. The van der Waals surface area contributed by atoms with E-state index >= 15 is 0 Å². The number of anilines is 3. The Kier molecular flexibility index (Phi) is 13.8. The molecule has 0 fully saturated rings. The molecule has 0 heterocycles. The summed E-state index contributed by atoms with van der Waals surface area (Å²) in [5.74, 6) is -0.116. The highest BCUT2D eigenvalue weighted by Gasteiger charge is 2.35. The third-order valence-electron chi connectivity index (χ3n) is 12.3. The molecule has 2 N–H and O–H groups in total. The second-order valence-electron chi connectivity index (χ2n) is 16.5. The SMILES string of the molecule is CC.CC.CC1(C)c2ccccc2-c2ccc(-c3ccc(N(c4ccccc4)c4ccc(-c5ccccc5-c5ccccc5-c5ccc(C(=N)OC(=N)c6ccccc6)cc5)cc4)cc3)cc21. The van der Waals surface area contributed by atoms with E-state index in [1.807, 2.05) is 70.2 Å². The van der Waals surface area contributed by atoms with Crippen LogP contribution in [0.15, 0.2) is 224 Å². The van der Waals surface area contributed by atoms with Crippen LogP contribution in [0.5, 0.6) is 0 Å². The molecule has 0 amide bonds. The number of hydrogen-bond donors (Lipinski definition) is 2. The number of fused-ring (bicyclic) bond motifs is 3. The van der Waals surface area contributed by atoms with E-state index in [0.717, 1.165) is 50.4 Å². The number of nitrogens with zero attached hydrogens (tertiary/aromatic N) is 1. The van der Waals surface area contributed by atoms with Crippen LogP contribution in [0.2, 0.25) is 0 Å². The molecule has 0 saturated carbocycles. The van der Waals surface area contributed by atoms with Gasteiger partial charge in [-0.15, -0.1) is 0 Å². The fourth-order valence-corrected chi connectivity index (χ4v) is 9.05. The minimum atomic E-state index is -0.0637. The molecular formula is C63H57N3O. The average Bonchev–Trinajstić information content (AvgIpc) is 3.63. The van der Waals surface area contributed by atoms with Gasteiger partial charge in [-0.05, 0) is 133 Å². The van der Waals surface area contributed by atoms with Crippen LogP contribution >= 0.6 is 0 Å². The summed E-state index contributed by atoms with van der Waals surface area (Å²) in [5.41, 5.74) is 18.9. The highest BCUT2D eigenvalue weighted by atomic mass is 16.5. The lowest BCUT2D eigenvalue weighted by atomic mass is 9.81. The number of nitrogens with one attached hydrogen (secondary N) is 2. The van der Waals surface area contributed by atoms with Crippen molar-refractivity contribution in [1.29, 1.82) is 10.8 Å². The summed E-state index contributed by atoms with van der Waals surface area (Å²) in [5, 5.41) is 16.9. The maximum absolute atomic E-state index is 8.55. The van der Waals surface area contributed by atoms with Crippen LogP contribution < -0.4 is 4.90 Å². The summed E-state index contributed by atoms with van der Waals surface area (Å²) < 4.78 is 5.61. The third-order valence-corrected chi connectivity index (χ3v) is 12.3. The Labute approximate surface area is 396 Å². The van der Waals surface area contributed by atoms with Crippen molar-refractivity contribution in [3.63, 3.8) is 0 Å². The summed E-state index contributed by atoms with van der Waals surface area (Å²) in [6.45, 7) is 12.7. The molecule has 1 aliphatic carbocycles. The lowest BCUT2D eigenvalue weighted by Crippen LogP contribution is -2.14. The lowest BCUT2D eigenvalue weighted by molar-refractivity contribution is 0.538. The summed E-state index contributed by atoms with van der Waals surface area (Å²) in [6, 6.07) is 78.2. The van der Waals surface area contributed by atoms with Gasteiger partial charge in [0.15, 0.2) is 0 Å². The minimum absolute atomic E-state index is 0.0479. The molecule has 1 aliphatic rings. The predicted molar refractivity (Wildman–Crippen MR) is 284 cm³/mol. The van der Waals surface area contributed by atoms with E-state index in [9.17, 15) is 0 Å². The number of ether oxygens (including phenoxy) is 1. The first-order valence-electron chi connectivity index (χ1n) is 23.3. The Morgan fingerprint density at radius 2 is 0.716 bits per heavy atom. The van der Waals surface area contributed by atoms with Crippen molar-refractivity contribution in [3.8, 4) is 55.6 Å². The standard InChI is InChI=1S/C59H45N3O.2C2H6/c1-59(2)55-24-14-13-23-53(55)54-38-33-45(39-56(54)59)40-29-34-47(35-30-40)62(46-17-7-4-8-18-46)48-36-31-42(32-37-48)50-20-10-12-22-52(50)51-21-11-9-19-49(51)41-25-27-44(28-26-41)58(61)63-57(60)43-15-5-3-6-16-43;2*1-2/h3-39,60-61H,1-2H3;2*1-2H3. The van der Waals surface area contributed by atoms with Crippen LogP contribution in [0.1, 0.15) is 63.8 Å². The zero-order valence-electron chi connectivity index (χ0n) is 39.2. The van der Waals surface area contributed by atoms with E-state index in [4.69, 9.17) is 15.6 Å². The maximum Gasteiger partial charge on any atom is 0.221 e. The molecule has 0 aliphatic heterocycles. The van der Waals surface area contributed by atoms with Gasteiger partial charge in [0.2, 0.25) is 11.8 Å². The lowest BCUT2D eigenvalue weighted by Gasteiger charge is -2.26. The number of rotatable bonds is 9. The summed E-state index contributed by atoms with van der Waals surface area (Å²) >= 11 is 0. The molecule has 330 valence electrons. The van der Waals surface area contributed by atoms with Gasteiger partial charge in [-0.1, -0.05) is 199 Å². The first-order valence-corrected chi connectivity index (χ1v) is 23.3. The first-order chi connectivity index (χ1) is 32.8. The molecule has 0 radical (unpaired) electrons. The van der Waals surface area contributed by atoms with Gasteiger partial charge in [-0.3, -0.25) is 10.8 Å². The van der Waals surface area contributed by atoms with Crippen LogP contribution in [-0.4, -0.2) is 11.8 Å². The molecule has 10 rings (SSSR count). The third kappa shape index (κ3) is 9.25. The highest BCUT2D eigenvalue weighted by molar-refractivity contribution is 6.05. The van der Waals surface area contributed by atoms with E-state index in [0.29, 0.717) is 11.1 Å². The van der Waals surface area contributed by atoms with Gasteiger partial charge in [0.25, 0.3) is 0 Å².